The van der Waals surface area contributed by atoms with Crippen LogP contribution in [0, 0.1) is 0 Å². The molecule has 0 aliphatic carbocycles. The molecule has 1 rings (SSSR count). The van der Waals surface area contributed by atoms with E-state index in [2.05, 4.69) is 22.6 Å². The summed E-state index contributed by atoms with van der Waals surface area (Å²) in [5, 5.41) is 0. The molecule has 0 bridgehead atoms. The molecule has 0 aromatic heterocycles. The quantitative estimate of drug-likeness (QED) is 0.543. The summed E-state index contributed by atoms with van der Waals surface area (Å²) in [4.78, 5) is 0. The fourth-order valence-corrected chi connectivity index (χ4v) is 1.64. The van der Waals surface area contributed by atoms with Gasteiger partial charge in [-0.25, -0.2) is 0 Å². The smallest absolute Gasteiger partial charge is 0.247 e. The predicted octanol–water partition coefficient (Wildman–Crippen LogP) is 2.05. The van der Waals surface area contributed by atoms with Gasteiger partial charge in [0.2, 0.25) is 5.79 Å². The van der Waals surface area contributed by atoms with Crippen LogP contribution in [0.2, 0.25) is 0 Å². The van der Waals surface area contributed by atoms with Crippen LogP contribution < -0.4 is 0 Å². The average Bonchev–Trinajstić information content (AvgIpc) is 2.16. The molecule has 0 unspecified atom stereocenters. The van der Waals surface area contributed by atoms with E-state index >= 15 is 0 Å². The Bertz CT molecular complexity index is 114. The summed E-state index contributed by atoms with van der Waals surface area (Å²) >= 11 is 2.30. The maximum Gasteiger partial charge on any atom is 0.247 e. The Hall–Kier alpha value is 0.0700. The number of hydrogen-bond donors (Lipinski definition) is 0. The Morgan fingerprint density at radius 1 is 1.44 bits per heavy atom. The Morgan fingerprint density at radius 3 is 2.44 bits per heavy atom. The van der Waals surface area contributed by atoms with E-state index in [1.807, 2.05) is 6.92 Å². The first kappa shape index (κ1) is 7.18. The van der Waals surface area contributed by atoms with Crippen molar-refractivity contribution in [1.29, 1.82) is 0 Å². The van der Waals surface area contributed by atoms with E-state index < -0.39 is 0 Å². The van der Waals surface area contributed by atoms with Gasteiger partial charge in [0, 0.05) is 17.8 Å². The zero-order valence-corrected chi connectivity index (χ0v) is 7.42. The first-order chi connectivity index (χ1) is 4.27. The van der Waals surface area contributed by atoms with Crippen molar-refractivity contribution in [2.75, 3.05) is 4.43 Å². The van der Waals surface area contributed by atoms with E-state index in [0.717, 1.165) is 10.8 Å². The van der Waals surface area contributed by atoms with Crippen LogP contribution in [0.1, 0.15) is 13.3 Å². The molecule has 0 atom stereocenters. The van der Waals surface area contributed by atoms with Crippen molar-refractivity contribution >= 4 is 22.6 Å². The summed E-state index contributed by atoms with van der Waals surface area (Å²) in [7, 11) is 0. The molecule has 1 aliphatic rings. The number of alkyl halides is 1. The minimum absolute atomic E-state index is 0.374. The Labute approximate surface area is 68.4 Å². The van der Waals surface area contributed by atoms with Crippen LogP contribution in [0.4, 0.5) is 0 Å². The molecule has 0 spiro atoms. The van der Waals surface area contributed by atoms with Crippen LogP contribution in [0.3, 0.4) is 0 Å². The number of hydrogen-bond acceptors (Lipinski definition) is 2. The van der Waals surface area contributed by atoms with Gasteiger partial charge >= 0.3 is 0 Å². The second kappa shape index (κ2) is 2.77. The third kappa shape index (κ3) is 1.74. The van der Waals surface area contributed by atoms with Crippen LogP contribution in [0.25, 0.3) is 0 Å². The van der Waals surface area contributed by atoms with Gasteiger partial charge in [-0.05, 0) is 0 Å². The van der Waals surface area contributed by atoms with Gasteiger partial charge in [-0.15, -0.1) is 0 Å². The van der Waals surface area contributed by atoms with Gasteiger partial charge in [-0.1, -0.05) is 22.6 Å². The highest BCUT2D eigenvalue weighted by molar-refractivity contribution is 14.1. The molecule has 52 valence electrons. The molecule has 0 aromatic carbocycles. The molecule has 1 aliphatic heterocycles. The molecule has 0 aromatic rings. The number of rotatable bonds is 2. The highest BCUT2D eigenvalue weighted by atomic mass is 127. The zero-order chi connectivity index (χ0) is 6.74. The lowest BCUT2D eigenvalue weighted by Crippen LogP contribution is -2.25. The fourth-order valence-electron chi connectivity index (χ4n) is 0.661. The second-order valence-electron chi connectivity index (χ2n) is 2.08. The highest BCUT2D eigenvalue weighted by Gasteiger charge is 2.27. The highest BCUT2D eigenvalue weighted by Crippen LogP contribution is 2.23. The van der Waals surface area contributed by atoms with E-state index in [1.54, 1.807) is 12.5 Å². The molecule has 0 amide bonds. The van der Waals surface area contributed by atoms with Gasteiger partial charge in [0.05, 0.1) is 0 Å². The largest absolute Gasteiger partial charge is 0.457 e. The Balaban J connectivity index is 2.36. The van der Waals surface area contributed by atoms with Crippen LogP contribution in [0.5, 0.6) is 0 Å². The fraction of sp³-hybridized carbons (Fsp3) is 0.667. The molecule has 0 saturated heterocycles. The Morgan fingerprint density at radius 2 is 2.00 bits per heavy atom. The van der Waals surface area contributed by atoms with E-state index in [9.17, 15) is 0 Å². The standard InChI is InChI=1S/C6H9IO2/c1-6(2-3-7)8-4-5-9-6/h4-5H,2-3H2,1H3. The molecule has 0 N–H and O–H groups in total. The summed E-state index contributed by atoms with van der Waals surface area (Å²) in [6, 6.07) is 0. The maximum absolute atomic E-state index is 5.17. The molecule has 1 heterocycles. The maximum atomic E-state index is 5.17. The average molecular weight is 240 g/mol. The lowest BCUT2D eigenvalue weighted by molar-refractivity contribution is -0.125. The van der Waals surface area contributed by atoms with Crippen LogP contribution >= 0.6 is 22.6 Å². The summed E-state index contributed by atoms with van der Waals surface area (Å²) in [6.45, 7) is 1.94. The first-order valence-electron chi connectivity index (χ1n) is 2.83. The van der Waals surface area contributed by atoms with Gasteiger partial charge in [0.1, 0.15) is 12.5 Å². The second-order valence-corrected chi connectivity index (χ2v) is 3.16. The Kier molecular flexibility index (Phi) is 2.21. The van der Waals surface area contributed by atoms with Gasteiger partial charge in [-0.2, -0.15) is 0 Å². The summed E-state index contributed by atoms with van der Waals surface area (Å²) in [5.74, 6) is -0.374. The topological polar surface area (TPSA) is 18.5 Å². The van der Waals surface area contributed by atoms with Crippen molar-refractivity contribution in [3.63, 3.8) is 0 Å². The molecule has 0 radical (unpaired) electrons. The monoisotopic (exact) mass is 240 g/mol. The minimum Gasteiger partial charge on any atom is -0.457 e. The molecule has 0 saturated carbocycles. The van der Waals surface area contributed by atoms with Gasteiger partial charge in [0.25, 0.3) is 0 Å². The van der Waals surface area contributed by atoms with Crippen LogP contribution in [-0.2, 0) is 9.47 Å². The van der Waals surface area contributed by atoms with Gasteiger partial charge in [-0.3, -0.25) is 0 Å². The van der Waals surface area contributed by atoms with Gasteiger partial charge in [0.15, 0.2) is 0 Å². The molecular weight excluding hydrogens is 231 g/mol. The first-order valence-corrected chi connectivity index (χ1v) is 4.36. The van der Waals surface area contributed by atoms with E-state index in [1.165, 1.54) is 0 Å². The van der Waals surface area contributed by atoms with Crippen LogP contribution in [0.15, 0.2) is 12.5 Å². The summed E-state index contributed by atoms with van der Waals surface area (Å²) < 4.78 is 11.4. The molecule has 9 heavy (non-hydrogen) atoms. The number of ether oxygens (including phenoxy) is 2. The minimum atomic E-state index is -0.374. The third-order valence-corrected chi connectivity index (χ3v) is 1.78. The van der Waals surface area contributed by atoms with E-state index in [0.29, 0.717) is 0 Å². The predicted molar refractivity (Wildman–Crippen MR) is 43.2 cm³/mol. The number of halogens is 1. The van der Waals surface area contributed by atoms with E-state index in [-0.39, 0.29) is 5.79 Å². The summed E-state index contributed by atoms with van der Waals surface area (Å²) in [5.41, 5.74) is 0. The van der Waals surface area contributed by atoms with Crippen molar-refractivity contribution in [3.05, 3.63) is 12.5 Å². The van der Waals surface area contributed by atoms with Crippen molar-refractivity contribution in [2.45, 2.75) is 19.1 Å². The lowest BCUT2D eigenvalue weighted by Gasteiger charge is -2.21. The lowest BCUT2D eigenvalue weighted by atomic mass is 10.2. The molecule has 2 nitrogen and oxygen atoms in total. The third-order valence-electron chi connectivity index (χ3n) is 1.24. The summed E-state index contributed by atoms with van der Waals surface area (Å²) in [6.07, 6.45) is 4.11. The van der Waals surface area contributed by atoms with Crippen LogP contribution in [-0.4, -0.2) is 10.2 Å². The molecule has 0 fully saturated rings. The van der Waals surface area contributed by atoms with Gasteiger partial charge < -0.3 is 9.47 Å². The van der Waals surface area contributed by atoms with Crippen molar-refractivity contribution in [3.8, 4) is 0 Å². The zero-order valence-electron chi connectivity index (χ0n) is 5.26. The van der Waals surface area contributed by atoms with Crippen molar-refractivity contribution in [1.82, 2.24) is 0 Å². The molecular formula is C6H9IO2. The van der Waals surface area contributed by atoms with Crippen molar-refractivity contribution < 1.29 is 9.47 Å². The SMILES string of the molecule is CC1(CCI)OC=CO1. The van der Waals surface area contributed by atoms with Crippen molar-refractivity contribution in [2.24, 2.45) is 0 Å². The molecule has 3 heteroatoms. The van der Waals surface area contributed by atoms with E-state index in [4.69, 9.17) is 9.47 Å². The normalized spacial score (nSPS) is 21.1.